The number of rotatable bonds is 5. The molecule has 140 valence electrons. The Bertz CT molecular complexity index is 965. The summed E-state index contributed by atoms with van der Waals surface area (Å²) in [6.45, 7) is 0.120. The van der Waals surface area contributed by atoms with E-state index in [1.807, 2.05) is 12.1 Å². The second-order valence-corrected chi connectivity index (χ2v) is 5.63. The number of nitrogens with zero attached hydrogens (tertiary/aromatic N) is 2. The average molecular weight is 376 g/mol. The summed E-state index contributed by atoms with van der Waals surface area (Å²) in [6.07, 6.45) is -4.74. The van der Waals surface area contributed by atoms with E-state index in [0.29, 0.717) is 17.0 Å². The van der Waals surface area contributed by atoms with Gasteiger partial charge in [0.1, 0.15) is 11.5 Å². The summed E-state index contributed by atoms with van der Waals surface area (Å²) in [7, 11) is 1.57. The monoisotopic (exact) mass is 376 g/mol. The molecule has 27 heavy (non-hydrogen) atoms. The van der Waals surface area contributed by atoms with Crippen LogP contribution < -0.4 is 15.0 Å². The highest BCUT2D eigenvalue weighted by molar-refractivity contribution is 5.59. The SMILES string of the molecule is COc1ccc(-c2ccc(=O)n(Cc3ccc(OC(F)(F)F)cc3)n2)cc1. The molecule has 0 spiro atoms. The van der Waals surface area contributed by atoms with Crippen LogP contribution >= 0.6 is 0 Å². The summed E-state index contributed by atoms with van der Waals surface area (Å²) < 4.78 is 46.8. The molecule has 1 heterocycles. The highest BCUT2D eigenvalue weighted by Crippen LogP contribution is 2.23. The number of methoxy groups -OCH3 is 1. The van der Waals surface area contributed by atoms with Crippen LogP contribution in [0, 0.1) is 0 Å². The fourth-order valence-corrected chi connectivity index (χ4v) is 2.45. The number of halogens is 3. The van der Waals surface area contributed by atoms with Gasteiger partial charge in [0.05, 0.1) is 19.3 Å². The first kappa shape index (κ1) is 18.5. The van der Waals surface area contributed by atoms with E-state index in [9.17, 15) is 18.0 Å². The summed E-state index contributed by atoms with van der Waals surface area (Å²) in [6, 6.07) is 15.5. The van der Waals surface area contributed by atoms with Gasteiger partial charge in [-0.05, 0) is 48.0 Å². The number of aromatic nitrogens is 2. The predicted octanol–water partition coefficient (Wildman–Crippen LogP) is 3.87. The molecule has 3 rings (SSSR count). The zero-order valence-electron chi connectivity index (χ0n) is 14.2. The second kappa shape index (κ2) is 7.53. The van der Waals surface area contributed by atoms with Gasteiger partial charge >= 0.3 is 6.36 Å². The van der Waals surface area contributed by atoms with Gasteiger partial charge in [0, 0.05) is 11.6 Å². The lowest BCUT2D eigenvalue weighted by molar-refractivity contribution is -0.274. The van der Waals surface area contributed by atoms with Crippen LogP contribution in [0.4, 0.5) is 13.2 Å². The Labute approximate surface area is 152 Å². The Morgan fingerprint density at radius 3 is 2.15 bits per heavy atom. The lowest BCUT2D eigenvalue weighted by atomic mass is 10.1. The van der Waals surface area contributed by atoms with Crippen molar-refractivity contribution in [2.24, 2.45) is 0 Å². The highest BCUT2D eigenvalue weighted by Gasteiger charge is 2.30. The van der Waals surface area contributed by atoms with Gasteiger partial charge in [-0.2, -0.15) is 5.10 Å². The first-order valence-electron chi connectivity index (χ1n) is 7.91. The minimum atomic E-state index is -4.74. The molecule has 3 aromatic rings. The minimum absolute atomic E-state index is 0.120. The third kappa shape index (κ3) is 4.87. The van der Waals surface area contributed by atoms with E-state index in [4.69, 9.17) is 4.74 Å². The first-order chi connectivity index (χ1) is 12.8. The highest BCUT2D eigenvalue weighted by atomic mass is 19.4. The molecule has 0 amide bonds. The Morgan fingerprint density at radius 2 is 1.56 bits per heavy atom. The van der Waals surface area contributed by atoms with Crippen molar-refractivity contribution in [3.63, 3.8) is 0 Å². The second-order valence-electron chi connectivity index (χ2n) is 5.63. The number of hydrogen-bond acceptors (Lipinski definition) is 4. The van der Waals surface area contributed by atoms with Gasteiger partial charge in [0.15, 0.2) is 0 Å². The third-order valence-electron chi connectivity index (χ3n) is 3.74. The number of ether oxygens (including phenoxy) is 2. The van der Waals surface area contributed by atoms with Crippen molar-refractivity contribution in [2.75, 3.05) is 7.11 Å². The van der Waals surface area contributed by atoms with Crippen molar-refractivity contribution in [3.05, 3.63) is 76.6 Å². The van der Waals surface area contributed by atoms with Crippen molar-refractivity contribution in [3.8, 4) is 22.8 Å². The summed E-state index contributed by atoms with van der Waals surface area (Å²) in [5.41, 5.74) is 1.70. The van der Waals surface area contributed by atoms with Crippen molar-refractivity contribution < 1.29 is 22.6 Å². The van der Waals surface area contributed by atoms with E-state index in [0.717, 1.165) is 5.56 Å². The van der Waals surface area contributed by atoms with Crippen LogP contribution in [0.3, 0.4) is 0 Å². The lowest BCUT2D eigenvalue weighted by Crippen LogP contribution is -2.22. The maximum Gasteiger partial charge on any atom is 0.573 e. The fourth-order valence-electron chi connectivity index (χ4n) is 2.45. The van der Waals surface area contributed by atoms with Crippen LogP contribution in [0.25, 0.3) is 11.3 Å². The standard InChI is InChI=1S/C19H15F3N2O3/c1-26-15-8-4-14(5-9-15)17-10-11-18(25)24(23-17)12-13-2-6-16(7-3-13)27-19(20,21)22/h2-11H,12H2,1H3. The van der Waals surface area contributed by atoms with E-state index in [1.165, 1.54) is 35.0 Å². The molecule has 8 heteroatoms. The van der Waals surface area contributed by atoms with Crippen LogP contribution in [-0.4, -0.2) is 23.3 Å². The molecule has 0 unspecified atom stereocenters. The van der Waals surface area contributed by atoms with Crippen molar-refractivity contribution >= 4 is 0 Å². The van der Waals surface area contributed by atoms with Crippen LogP contribution in [0.5, 0.6) is 11.5 Å². The molecule has 0 aliphatic heterocycles. The molecule has 0 N–H and O–H groups in total. The third-order valence-corrected chi connectivity index (χ3v) is 3.74. The maximum absolute atomic E-state index is 12.2. The largest absolute Gasteiger partial charge is 0.573 e. The average Bonchev–Trinajstić information content (AvgIpc) is 2.64. The van der Waals surface area contributed by atoms with Gasteiger partial charge in [-0.15, -0.1) is 13.2 Å². The molecule has 0 fully saturated rings. The Hall–Kier alpha value is -3.29. The smallest absolute Gasteiger partial charge is 0.497 e. The number of benzene rings is 2. The van der Waals surface area contributed by atoms with Crippen LogP contribution in [-0.2, 0) is 6.54 Å². The van der Waals surface area contributed by atoms with E-state index >= 15 is 0 Å². The molecule has 0 aliphatic rings. The molecule has 0 saturated carbocycles. The summed E-state index contributed by atoms with van der Waals surface area (Å²) in [4.78, 5) is 12.1. The van der Waals surface area contributed by atoms with Crippen molar-refractivity contribution in [1.82, 2.24) is 9.78 Å². The Morgan fingerprint density at radius 1 is 0.926 bits per heavy atom. The molecule has 0 bridgehead atoms. The van der Waals surface area contributed by atoms with Crippen LogP contribution in [0.15, 0.2) is 65.5 Å². The molecule has 1 aromatic heterocycles. The minimum Gasteiger partial charge on any atom is -0.497 e. The summed E-state index contributed by atoms with van der Waals surface area (Å²) in [5.74, 6) is 0.381. The lowest BCUT2D eigenvalue weighted by Gasteiger charge is -2.10. The van der Waals surface area contributed by atoms with Gasteiger partial charge in [-0.3, -0.25) is 4.79 Å². The zero-order chi connectivity index (χ0) is 19.4. The van der Waals surface area contributed by atoms with Crippen molar-refractivity contribution in [2.45, 2.75) is 12.9 Å². The number of hydrogen-bond donors (Lipinski definition) is 0. The first-order valence-corrected chi connectivity index (χ1v) is 7.91. The Kier molecular flexibility index (Phi) is 5.16. The van der Waals surface area contributed by atoms with Gasteiger partial charge in [-0.1, -0.05) is 12.1 Å². The molecular weight excluding hydrogens is 361 g/mol. The van der Waals surface area contributed by atoms with E-state index in [2.05, 4.69) is 9.84 Å². The molecule has 0 saturated heterocycles. The van der Waals surface area contributed by atoms with Crippen LogP contribution in [0.1, 0.15) is 5.56 Å². The normalized spacial score (nSPS) is 11.3. The van der Waals surface area contributed by atoms with E-state index < -0.39 is 6.36 Å². The molecular formula is C19H15F3N2O3. The Balaban J connectivity index is 1.81. The quantitative estimate of drug-likeness (QED) is 0.679. The van der Waals surface area contributed by atoms with Crippen molar-refractivity contribution in [1.29, 1.82) is 0 Å². The van der Waals surface area contributed by atoms with Gasteiger partial charge in [0.25, 0.3) is 5.56 Å². The van der Waals surface area contributed by atoms with E-state index in [-0.39, 0.29) is 17.9 Å². The number of alkyl halides is 3. The molecule has 0 radical (unpaired) electrons. The van der Waals surface area contributed by atoms with E-state index in [1.54, 1.807) is 25.3 Å². The summed E-state index contributed by atoms with van der Waals surface area (Å²) >= 11 is 0. The fraction of sp³-hybridized carbons (Fsp3) is 0.158. The molecule has 0 atom stereocenters. The topological polar surface area (TPSA) is 53.4 Å². The van der Waals surface area contributed by atoms with Gasteiger partial charge in [-0.25, -0.2) is 4.68 Å². The molecule has 2 aromatic carbocycles. The maximum atomic E-state index is 12.2. The molecule has 0 aliphatic carbocycles. The van der Waals surface area contributed by atoms with Gasteiger partial charge < -0.3 is 9.47 Å². The predicted molar refractivity (Wildman–Crippen MR) is 92.7 cm³/mol. The van der Waals surface area contributed by atoms with Crippen LogP contribution in [0.2, 0.25) is 0 Å². The molecule has 5 nitrogen and oxygen atoms in total. The summed E-state index contributed by atoms with van der Waals surface area (Å²) in [5, 5.41) is 4.33. The van der Waals surface area contributed by atoms with Gasteiger partial charge in [0.2, 0.25) is 0 Å². The zero-order valence-corrected chi connectivity index (χ0v) is 14.2.